The largest absolute Gasteiger partial charge is 0.381 e. The first-order chi connectivity index (χ1) is 14.7. The van der Waals surface area contributed by atoms with Gasteiger partial charge in [0.1, 0.15) is 0 Å². The maximum Gasteiger partial charge on any atom is 0.255 e. The molecule has 1 amide bonds. The molecular weight excluding hydrogens is 378 g/mol. The summed E-state index contributed by atoms with van der Waals surface area (Å²) in [5.41, 5.74) is 4.75. The lowest BCUT2D eigenvalue weighted by Gasteiger charge is -2.26. The average Bonchev–Trinajstić information content (AvgIpc) is 3.39. The molecule has 5 rings (SSSR count). The molecule has 3 aromatic rings. The molecule has 1 aliphatic heterocycles. The fourth-order valence-electron chi connectivity index (χ4n) is 4.57. The van der Waals surface area contributed by atoms with E-state index in [0.29, 0.717) is 5.56 Å². The van der Waals surface area contributed by atoms with Gasteiger partial charge in [-0.3, -0.25) is 4.79 Å². The summed E-state index contributed by atoms with van der Waals surface area (Å²) in [4.78, 5) is 17.9. The zero-order valence-electron chi connectivity index (χ0n) is 17.2. The summed E-state index contributed by atoms with van der Waals surface area (Å²) < 4.78 is 7.36. The number of ether oxygens (including phenoxy) is 1. The highest BCUT2D eigenvalue weighted by Gasteiger charge is 2.27. The van der Waals surface area contributed by atoms with Crippen LogP contribution in [0.25, 0.3) is 11.0 Å². The van der Waals surface area contributed by atoms with Crippen molar-refractivity contribution in [3.8, 4) is 0 Å². The van der Waals surface area contributed by atoms with Crippen LogP contribution in [-0.2, 0) is 17.7 Å². The van der Waals surface area contributed by atoms with Gasteiger partial charge in [0.05, 0.1) is 28.9 Å². The molecular formula is C23H27N5O2. The predicted molar refractivity (Wildman–Crippen MR) is 116 cm³/mol. The lowest BCUT2D eigenvalue weighted by atomic mass is 10.1. The minimum Gasteiger partial charge on any atom is -0.381 e. The van der Waals surface area contributed by atoms with Crippen molar-refractivity contribution in [2.75, 3.05) is 18.5 Å². The first kappa shape index (κ1) is 19.1. The second-order valence-corrected chi connectivity index (χ2v) is 8.04. The zero-order valence-corrected chi connectivity index (χ0v) is 17.2. The number of nitrogens with zero attached hydrogens (tertiary/aromatic N) is 3. The third kappa shape index (κ3) is 3.43. The van der Waals surface area contributed by atoms with E-state index in [-0.39, 0.29) is 18.0 Å². The summed E-state index contributed by atoms with van der Waals surface area (Å²) in [6, 6.07) is 8.66. The molecule has 1 aliphatic carbocycles. The van der Waals surface area contributed by atoms with Gasteiger partial charge in [0.25, 0.3) is 5.91 Å². The zero-order chi connectivity index (χ0) is 20.5. The van der Waals surface area contributed by atoms with E-state index < -0.39 is 0 Å². The van der Waals surface area contributed by atoms with E-state index in [0.717, 1.165) is 62.2 Å². The van der Waals surface area contributed by atoms with Gasteiger partial charge in [-0.1, -0.05) is 24.3 Å². The van der Waals surface area contributed by atoms with Crippen LogP contribution >= 0.6 is 0 Å². The number of nitrogens with one attached hydrogen (secondary N) is 2. The topological polar surface area (TPSA) is 81.1 Å². The van der Waals surface area contributed by atoms with Crippen LogP contribution in [0.4, 0.5) is 5.69 Å². The van der Waals surface area contributed by atoms with Crippen molar-refractivity contribution in [3.63, 3.8) is 0 Å². The van der Waals surface area contributed by atoms with Crippen LogP contribution < -0.4 is 10.6 Å². The number of carbonyl (C=O) groups is 1. The fourth-order valence-corrected chi connectivity index (χ4v) is 4.57. The summed E-state index contributed by atoms with van der Waals surface area (Å²) in [5, 5.41) is 12.2. The second kappa shape index (κ2) is 8.07. The molecule has 0 radical (unpaired) electrons. The fraction of sp³-hybridized carbons (Fsp3) is 0.435. The molecule has 0 bridgehead atoms. The van der Waals surface area contributed by atoms with Crippen molar-refractivity contribution in [1.29, 1.82) is 0 Å². The molecule has 2 aliphatic rings. The lowest BCUT2D eigenvalue weighted by Crippen LogP contribution is -2.31. The van der Waals surface area contributed by atoms with Crippen LogP contribution in [0.1, 0.15) is 53.7 Å². The first-order valence-corrected chi connectivity index (χ1v) is 10.8. The quantitative estimate of drug-likeness (QED) is 0.679. The van der Waals surface area contributed by atoms with E-state index in [2.05, 4.69) is 38.9 Å². The van der Waals surface area contributed by atoms with Crippen molar-refractivity contribution < 1.29 is 9.53 Å². The predicted octanol–water partition coefficient (Wildman–Crippen LogP) is 3.46. The number of hydrogen-bond acceptors (Lipinski definition) is 5. The van der Waals surface area contributed by atoms with Gasteiger partial charge >= 0.3 is 0 Å². The summed E-state index contributed by atoms with van der Waals surface area (Å²) in [7, 11) is 0. The Morgan fingerprint density at radius 2 is 2.03 bits per heavy atom. The van der Waals surface area contributed by atoms with Gasteiger partial charge in [0.15, 0.2) is 5.65 Å². The molecule has 0 spiro atoms. The smallest absolute Gasteiger partial charge is 0.255 e. The third-order valence-electron chi connectivity index (χ3n) is 6.22. The van der Waals surface area contributed by atoms with Crippen LogP contribution in [0.3, 0.4) is 0 Å². The highest BCUT2D eigenvalue weighted by atomic mass is 16.5. The second-order valence-electron chi connectivity index (χ2n) is 8.04. The van der Waals surface area contributed by atoms with Crippen molar-refractivity contribution in [3.05, 3.63) is 53.3 Å². The number of aryl methyl sites for hydroxylation is 2. The number of amides is 1. The third-order valence-corrected chi connectivity index (χ3v) is 6.22. The highest BCUT2D eigenvalue weighted by molar-refractivity contribution is 6.06. The highest BCUT2D eigenvalue weighted by Crippen LogP contribution is 2.33. The van der Waals surface area contributed by atoms with Gasteiger partial charge < -0.3 is 15.4 Å². The molecule has 1 saturated heterocycles. The van der Waals surface area contributed by atoms with Crippen LogP contribution in [0.5, 0.6) is 0 Å². The van der Waals surface area contributed by atoms with Crippen LogP contribution in [0.2, 0.25) is 0 Å². The molecule has 2 aromatic heterocycles. The SMILES string of the molecule is CCn1ncc2c(NC3CCOCC3)c(C(=O)NC3CCc4ccccc43)cnc21. The molecule has 0 saturated carbocycles. The Balaban J connectivity index is 1.48. The first-order valence-electron chi connectivity index (χ1n) is 10.8. The molecule has 30 heavy (non-hydrogen) atoms. The van der Waals surface area contributed by atoms with Gasteiger partial charge in [0, 0.05) is 32.0 Å². The van der Waals surface area contributed by atoms with Crippen molar-refractivity contribution in [2.45, 2.75) is 51.2 Å². The van der Waals surface area contributed by atoms with E-state index in [1.165, 1.54) is 11.1 Å². The molecule has 2 N–H and O–H groups in total. The van der Waals surface area contributed by atoms with E-state index in [9.17, 15) is 4.79 Å². The molecule has 1 unspecified atom stereocenters. The summed E-state index contributed by atoms with van der Waals surface area (Å²) >= 11 is 0. The molecule has 156 valence electrons. The van der Waals surface area contributed by atoms with E-state index in [1.807, 2.05) is 23.9 Å². The summed E-state index contributed by atoms with van der Waals surface area (Å²) in [6.45, 7) is 4.25. The Morgan fingerprint density at radius 1 is 1.20 bits per heavy atom. The number of aromatic nitrogens is 3. The molecule has 7 heteroatoms. The number of pyridine rings is 1. The molecule has 1 fully saturated rings. The number of rotatable bonds is 5. The number of anilines is 1. The normalized spacial score (nSPS) is 19.0. The van der Waals surface area contributed by atoms with E-state index in [1.54, 1.807) is 6.20 Å². The van der Waals surface area contributed by atoms with E-state index in [4.69, 9.17) is 4.74 Å². The molecule has 1 aromatic carbocycles. The Kier molecular flexibility index (Phi) is 5.12. The van der Waals surface area contributed by atoms with Crippen LogP contribution in [0.15, 0.2) is 36.7 Å². The molecule has 1 atom stereocenters. The van der Waals surface area contributed by atoms with Gasteiger partial charge in [-0.15, -0.1) is 0 Å². The van der Waals surface area contributed by atoms with Crippen LogP contribution in [0, 0.1) is 0 Å². The standard InChI is InChI=1S/C23H27N5O2/c1-2-28-22-18(14-25-28)21(26-16-9-11-30-12-10-16)19(13-24-22)23(29)27-20-8-7-15-5-3-4-6-17(15)20/h3-6,13-14,16,20H,2,7-12H2,1H3,(H,24,26)(H,27,29). The van der Waals surface area contributed by atoms with E-state index >= 15 is 0 Å². The molecule has 7 nitrogen and oxygen atoms in total. The minimum atomic E-state index is -0.0927. The van der Waals surface area contributed by atoms with Gasteiger partial charge in [-0.2, -0.15) is 5.10 Å². The van der Waals surface area contributed by atoms with Crippen molar-refractivity contribution in [1.82, 2.24) is 20.1 Å². The Labute approximate surface area is 175 Å². The average molecular weight is 406 g/mol. The number of carbonyl (C=O) groups excluding carboxylic acids is 1. The number of fused-ring (bicyclic) bond motifs is 2. The molecule has 3 heterocycles. The lowest BCUT2D eigenvalue weighted by molar-refractivity contribution is 0.0903. The number of hydrogen-bond donors (Lipinski definition) is 2. The van der Waals surface area contributed by atoms with Gasteiger partial charge in [-0.25, -0.2) is 9.67 Å². The summed E-state index contributed by atoms with van der Waals surface area (Å²) in [6.07, 6.45) is 7.26. The Morgan fingerprint density at radius 3 is 2.87 bits per heavy atom. The van der Waals surface area contributed by atoms with Crippen molar-refractivity contribution in [2.24, 2.45) is 0 Å². The Bertz CT molecular complexity index is 1070. The van der Waals surface area contributed by atoms with Gasteiger partial charge in [-0.05, 0) is 43.7 Å². The number of benzene rings is 1. The minimum absolute atomic E-state index is 0.0405. The monoisotopic (exact) mass is 405 g/mol. The summed E-state index contributed by atoms with van der Waals surface area (Å²) in [5.74, 6) is -0.0927. The van der Waals surface area contributed by atoms with Crippen LogP contribution in [-0.4, -0.2) is 39.9 Å². The Hall–Kier alpha value is -2.93. The van der Waals surface area contributed by atoms with Gasteiger partial charge in [0.2, 0.25) is 0 Å². The van der Waals surface area contributed by atoms with Crippen molar-refractivity contribution >= 4 is 22.6 Å². The maximum absolute atomic E-state index is 13.3. The maximum atomic E-state index is 13.3.